The number of hydrogen-bond acceptors (Lipinski definition) is 3. The minimum atomic E-state index is -4.91. The second kappa shape index (κ2) is 6.07. The molecule has 1 aromatic rings. The summed E-state index contributed by atoms with van der Waals surface area (Å²) in [5.41, 5.74) is 9.49. The van der Waals surface area contributed by atoms with Gasteiger partial charge in [-0.05, 0) is 17.7 Å². The molecule has 0 atom stereocenters. The molecule has 1 N–H and O–H groups in total. The normalized spacial score (nSPS) is 15.8. The Balaban J connectivity index is 2.32. The summed E-state index contributed by atoms with van der Waals surface area (Å²) in [6.45, 7) is -1.91. The molecular formula is C11H14BF3N5-. The predicted octanol–water partition coefficient (Wildman–Crippen LogP) is 2.97. The number of nitrogens with one attached hydrogen (secondary N) is 1. The SMILES string of the molecule is [N-]=[N+]=Nc1cc(C[B-](F)(F)F)cc(N2CCNCC2)c1. The van der Waals surface area contributed by atoms with E-state index in [1.807, 2.05) is 4.90 Å². The molecule has 0 aliphatic carbocycles. The van der Waals surface area contributed by atoms with Crippen LogP contribution >= 0.6 is 0 Å². The van der Waals surface area contributed by atoms with E-state index in [0.29, 0.717) is 5.69 Å². The first kappa shape index (κ1) is 14.6. The number of rotatable bonds is 4. The maximum absolute atomic E-state index is 12.6. The highest BCUT2D eigenvalue weighted by molar-refractivity contribution is 6.57. The lowest BCUT2D eigenvalue weighted by Crippen LogP contribution is -2.43. The van der Waals surface area contributed by atoms with Crippen LogP contribution in [0.5, 0.6) is 0 Å². The number of hydrogen-bond donors (Lipinski definition) is 1. The smallest absolute Gasteiger partial charge is 0.449 e. The quantitative estimate of drug-likeness (QED) is 0.400. The molecule has 108 valence electrons. The predicted molar refractivity (Wildman–Crippen MR) is 73.1 cm³/mol. The number of halogens is 3. The van der Waals surface area contributed by atoms with E-state index in [9.17, 15) is 12.9 Å². The first-order valence-corrected chi connectivity index (χ1v) is 6.34. The highest BCUT2D eigenvalue weighted by atomic mass is 19.4. The monoisotopic (exact) mass is 284 g/mol. The third kappa shape index (κ3) is 4.08. The van der Waals surface area contributed by atoms with Crippen LogP contribution in [0.3, 0.4) is 0 Å². The van der Waals surface area contributed by atoms with E-state index in [1.54, 1.807) is 6.07 Å². The van der Waals surface area contributed by atoms with Gasteiger partial charge in [0.1, 0.15) is 0 Å². The summed E-state index contributed by atoms with van der Waals surface area (Å²) in [7, 11) is 0. The van der Waals surface area contributed by atoms with Crippen molar-refractivity contribution in [2.45, 2.75) is 6.32 Å². The van der Waals surface area contributed by atoms with Gasteiger partial charge in [0, 0.05) is 42.5 Å². The molecule has 1 aromatic carbocycles. The molecule has 0 radical (unpaired) electrons. The van der Waals surface area contributed by atoms with Gasteiger partial charge < -0.3 is 23.2 Å². The van der Waals surface area contributed by atoms with E-state index in [1.165, 1.54) is 12.1 Å². The van der Waals surface area contributed by atoms with E-state index in [4.69, 9.17) is 5.53 Å². The summed E-state index contributed by atoms with van der Waals surface area (Å²) < 4.78 is 37.7. The third-order valence-corrected chi connectivity index (χ3v) is 3.07. The summed E-state index contributed by atoms with van der Waals surface area (Å²) in [4.78, 5) is 4.63. The zero-order valence-electron chi connectivity index (χ0n) is 10.8. The largest absolute Gasteiger partial charge is 0.482 e. The van der Waals surface area contributed by atoms with Crippen LogP contribution in [0.25, 0.3) is 10.4 Å². The maximum Gasteiger partial charge on any atom is 0.482 e. The van der Waals surface area contributed by atoms with Crippen LogP contribution in [0.2, 0.25) is 0 Å². The standard InChI is InChI=1S/C11H14BF3N5/c13-12(14,15)8-9-5-10(18-19-16)7-11(6-9)20-3-1-17-2-4-20/h5-7,17H,1-4,8H2/q-1. The van der Waals surface area contributed by atoms with Crippen LogP contribution in [0.1, 0.15) is 5.56 Å². The molecule has 0 spiro atoms. The number of nitrogens with zero attached hydrogens (tertiary/aromatic N) is 4. The topological polar surface area (TPSA) is 64.0 Å². The molecule has 0 aromatic heterocycles. The minimum Gasteiger partial charge on any atom is -0.449 e. The van der Waals surface area contributed by atoms with Crippen LogP contribution in [0, 0.1) is 0 Å². The van der Waals surface area contributed by atoms with Gasteiger partial charge in [-0.25, -0.2) is 0 Å². The van der Waals surface area contributed by atoms with Crippen molar-refractivity contribution in [2.24, 2.45) is 5.11 Å². The summed E-state index contributed by atoms with van der Waals surface area (Å²) in [5.74, 6) is 0. The molecule has 20 heavy (non-hydrogen) atoms. The van der Waals surface area contributed by atoms with Gasteiger partial charge >= 0.3 is 6.98 Å². The second-order valence-corrected chi connectivity index (χ2v) is 4.70. The Labute approximate surface area is 114 Å². The van der Waals surface area contributed by atoms with Gasteiger partial charge in [-0.2, -0.15) is 0 Å². The number of azide groups is 1. The zero-order valence-corrected chi connectivity index (χ0v) is 10.8. The van der Waals surface area contributed by atoms with Crippen molar-refractivity contribution in [3.63, 3.8) is 0 Å². The minimum absolute atomic E-state index is 0.135. The molecule has 0 saturated carbocycles. The molecule has 5 nitrogen and oxygen atoms in total. The lowest BCUT2D eigenvalue weighted by atomic mass is 9.81. The molecule has 1 fully saturated rings. The summed E-state index contributed by atoms with van der Waals surface area (Å²) >= 11 is 0. The van der Waals surface area contributed by atoms with Crippen molar-refractivity contribution in [1.82, 2.24) is 5.32 Å². The second-order valence-electron chi connectivity index (χ2n) is 4.70. The van der Waals surface area contributed by atoms with E-state index in [0.717, 1.165) is 26.2 Å². The molecule has 1 aliphatic heterocycles. The lowest BCUT2D eigenvalue weighted by Gasteiger charge is -2.30. The van der Waals surface area contributed by atoms with Crippen LogP contribution in [0.15, 0.2) is 23.3 Å². The number of piperazine rings is 1. The zero-order chi connectivity index (χ0) is 14.6. The molecule has 1 aliphatic rings. The fourth-order valence-corrected chi connectivity index (χ4v) is 2.26. The maximum atomic E-state index is 12.6. The van der Waals surface area contributed by atoms with Crippen molar-refractivity contribution in [3.8, 4) is 0 Å². The Kier molecular flexibility index (Phi) is 4.41. The fraction of sp³-hybridized carbons (Fsp3) is 0.455. The fourth-order valence-electron chi connectivity index (χ4n) is 2.26. The molecule has 9 heteroatoms. The molecular weight excluding hydrogens is 270 g/mol. The van der Waals surface area contributed by atoms with E-state index in [2.05, 4.69) is 15.3 Å². The highest BCUT2D eigenvalue weighted by Crippen LogP contribution is 2.28. The Morgan fingerprint density at radius 2 is 1.95 bits per heavy atom. The molecule has 0 amide bonds. The molecule has 0 bridgehead atoms. The van der Waals surface area contributed by atoms with E-state index >= 15 is 0 Å². The van der Waals surface area contributed by atoms with Crippen LogP contribution in [0.4, 0.5) is 24.3 Å². The summed E-state index contributed by atoms with van der Waals surface area (Å²) in [6, 6.07) is 4.44. The van der Waals surface area contributed by atoms with Gasteiger partial charge in [0.05, 0.1) is 0 Å². The summed E-state index contributed by atoms with van der Waals surface area (Å²) in [6.07, 6.45) is -0.964. The lowest BCUT2D eigenvalue weighted by molar-refractivity contribution is 0.468. The Hall–Kier alpha value is -1.86. The van der Waals surface area contributed by atoms with Crippen molar-refractivity contribution in [1.29, 1.82) is 0 Å². The Morgan fingerprint density at radius 3 is 2.55 bits per heavy atom. The van der Waals surface area contributed by atoms with Crippen LogP contribution in [-0.4, -0.2) is 33.2 Å². The van der Waals surface area contributed by atoms with Gasteiger partial charge in [0.15, 0.2) is 0 Å². The van der Waals surface area contributed by atoms with Crippen molar-refractivity contribution >= 4 is 18.4 Å². The summed E-state index contributed by atoms with van der Waals surface area (Å²) in [5, 5.41) is 6.61. The van der Waals surface area contributed by atoms with Gasteiger partial charge in [0.25, 0.3) is 0 Å². The van der Waals surface area contributed by atoms with Crippen molar-refractivity contribution in [2.75, 3.05) is 31.1 Å². The third-order valence-electron chi connectivity index (χ3n) is 3.07. The number of benzene rings is 1. The first-order valence-electron chi connectivity index (χ1n) is 6.34. The van der Waals surface area contributed by atoms with E-state index in [-0.39, 0.29) is 11.3 Å². The average Bonchev–Trinajstić information content (AvgIpc) is 2.38. The molecule has 0 unspecified atom stereocenters. The first-order chi connectivity index (χ1) is 9.48. The van der Waals surface area contributed by atoms with Crippen molar-refractivity contribution in [3.05, 3.63) is 34.2 Å². The van der Waals surface area contributed by atoms with Crippen LogP contribution < -0.4 is 10.2 Å². The Morgan fingerprint density at radius 1 is 1.25 bits per heavy atom. The number of anilines is 1. The van der Waals surface area contributed by atoms with Gasteiger partial charge in [-0.15, -0.1) is 0 Å². The highest BCUT2D eigenvalue weighted by Gasteiger charge is 2.24. The molecule has 1 saturated heterocycles. The average molecular weight is 284 g/mol. The van der Waals surface area contributed by atoms with Gasteiger partial charge in [0.2, 0.25) is 0 Å². The van der Waals surface area contributed by atoms with Gasteiger partial charge in [-0.3, -0.25) is 0 Å². The van der Waals surface area contributed by atoms with Crippen molar-refractivity contribution < 1.29 is 12.9 Å². The molecule has 1 heterocycles. The van der Waals surface area contributed by atoms with Crippen LogP contribution in [-0.2, 0) is 6.32 Å². The van der Waals surface area contributed by atoms with Gasteiger partial charge in [-0.1, -0.05) is 23.1 Å². The Bertz CT molecular complexity index is 521. The van der Waals surface area contributed by atoms with E-state index < -0.39 is 13.3 Å². The molecule has 2 rings (SSSR count).